The lowest BCUT2D eigenvalue weighted by atomic mass is 10.1. The monoisotopic (exact) mass is 233 g/mol. The van der Waals surface area contributed by atoms with Crippen LogP contribution in [0.15, 0.2) is 18.2 Å². The third kappa shape index (κ3) is 3.66. The van der Waals surface area contributed by atoms with E-state index in [0.717, 1.165) is 18.9 Å². The van der Waals surface area contributed by atoms with Crippen molar-refractivity contribution in [1.82, 2.24) is 5.32 Å². The van der Waals surface area contributed by atoms with Crippen LogP contribution in [0.25, 0.3) is 0 Å². The van der Waals surface area contributed by atoms with Crippen LogP contribution in [-0.2, 0) is 0 Å². The van der Waals surface area contributed by atoms with Crippen LogP contribution in [0.1, 0.15) is 36.0 Å². The van der Waals surface area contributed by atoms with Crippen LogP contribution in [0.5, 0.6) is 0 Å². The Kier molecular flexibility index (Phi) is 3.52. The average molecular weight is 233 g/mol. The van der Waals surface area contributed by atoms with E-state index in [2.05, 4.69) is 5.32 Å². The summed E-state index contributed by atoms with van der Waals surface area (Å²) in [6, 6.07) is 4.93. The van der Waals surface area contributed by atoms with Gasteiger partial charge in [0, 0.05) is 23.5 Å². The maximum Gasteiger partial charge on any atom is 0.251 e. The van der Waals surface area contributed by atoms with Crippen molar-refractivity contribution in [1.29, 1.82) is 0 Å². The summed E-state index contributed by atoms with van der Waals surface area (Å²) in [5, 5.41) is 2.89. The summed E-state index contributed by atoms with van der Waals surface area (Å²) >= 11 is 0. The molecule has 0 aromatic heterocycles. The zero-order valence-electron chi connectivity index (χ0n) is 9.91. The molecule has 0 saturated heterocycles. The molecule has 1 aromatic carbocycles. The largest absolute Gasteiger partial charge is 0.399 e. The molecule has 1 aromatic rings. The molecule has 5 N–H and O–H groups in total. The Balaban J connectivity index is 1.80. The molecule has 1 amide bonds. The number of carbonyl (C=O) groups is 1. The van der Waals surface area contributed by atoms with Crippen molar-refractivity contribution in [2.24, 2.45) is 5.92 Å². The molecule has 0 unspecified atom stereocenters. The molecular weight excluding hydrogens is 214 g/mol. The third-order valence-corrected chi connectivity index (χ3v) is 3.01. The highest BCUT2D eigenvalue weighted by molar-refractivity contribution is 5.96. The first kappa shape index (κ1) is 11.8. The fraction of sp³-hybridized carbons (Fsp3) is 0.462. The minimum absolute atomic E-state index is 0.0974. The van der Waals surface area contributed by atoms with Gasteiger partial charge in [-0.2, -0.15) is 0 Å². The van der Waals surface area contributed by atoms with Crippen molar-refractivity contribution in [2.45, 2.75) is 25.7 Å². The molecule has 4 nitrogen and oxygen atoms in total. The Hall–Kier alpha value is -1.71. The molecule has 0 heterocycles. The number of benzene rings is 1. The number of carbonyl (C=O) groups excluding carboxylic acids is 1. The number of nitrogens with two attached hydrogens (primary N) is 2. The van der Waals surface area contributed by atoms with Gasteiger partial charge in [-0.25, -0.2) is 0 Å². The smallest absolute Gasteiger partial charge is 0.251 e. The van der Waals surface area contributed by atoms with Crippen LogP contribution in [0.4, 0.5) is 11.4 Å². The second-order valence-corrected chi connectivity index (χ2v) is 4.73. The summed E-state index contributed by atoms with van der Waals surface area (Å²) < 4.78 is 0. The molecule has 92 valence electrons. The van der Waals surface area contributed by atoms with Crippen LogP contribution in [-0.4, -0.2) is 12.5 Å². The molecule has 1 saturated carbocycles. The first-order valence-corrected chi connectivity index (χ1v) is 6.09. The van der Waals surface area contributed by atoms with E-state index < -0.39 is 0 Å². The zero-order valence-corrected chi connectivity index (χ0v) is 9.91. The van der Waals surface area contributed by atoms with Gasteiger partial charge in [-0.1, -0.05) is 12.8 Å². The van der Waals surface area contributed by atoms with E-state index in [1.54, 1.807) is 18.2 Å². The van der Waals surface area contributed by atoms with Crippen molar-refractivity contribution >= 4 is 17.3 Å². The van der Waals surface area contributed by atoms with Crippen LogP contribution in [0.3, 0.4) is 0 Å². The predicted octanol–water partition coefficient (Wildman–Crippen LogP) is 1.77. The average Bonchev–Trinajstić information content (AvgIpc) is 3.06. The second kappa shape index (κ2) is 5.08. The van der Waals surface area contributed by atoms with Gasteiger partial charge in [0.05, 0.1) is 0 Å². The van der Waals surface area contributed by atoms with Gasteiger partial charge in [-0.05, 0) is 37.0 Å². The van der Waals surface area contributed by atoms with Crippen molar-refractivity contribution in [3.63, 3.8) is 0 Å². The molecule has 1 fully saturated rings. The highest BCUT2D eigenvalue weighted by Crippen LogP contribution is 2.33. The Bertz CT molecular complexity index is 393. The highest BCUT2D eigenvalue weighted by atomic mass is 16.1. The van der Waals surface area contributed by atoms with Gasteiger partial charge in [0.2, 0.25) is 0 Å². The number of hydrogen-bond acceptors (Lipinski definition) is 3. The molecule has 1 aliphatic rings. The number of hydrogen-bond donors (Lipinski definition) is 3. The van der Waals surface area contributed by atoms with Crippen LogP contribution in [0, 0.1) is 5.92 Å². The minimum atomic E-state index is -0.0974. The fourth-order valence-electron chi connectivity index (χ4n) is 1.91. The maximum atomic E-state index is 11.8. The van der Waals surface area contributed by atoms with E-state index in [9.17, 15) is 4.79 Å². The number of rotatable bonds is 5. The number of amides is 1. The van der Waals surface area contributed by atoms with E-state index in [0.29, 0.717) is 16.9 Å². The molecule has 0 bridgehead atoms. The van der Waals surface area contributed by atoms with Gasteiger partial charge in [-0.15, -0.1) is 0 Å². The summed E-state index contributed by atoms with van der Waals surface area (Å²) in [5.41, 5.74) is 12.9. The Morgan fingerprint density at radius 3 is 2.47 bits per heavy atom. The van der Waals surface area contributed by atoms with Crippen LogP contribution in [0.2, 0.25) is 0 Å². The van der Waals surface area contributed by atoms with E-state index in [4.69, 9.17) is 11.5 Å². The van der Waals surface area contributed by atoms with Crippen molar-refractivity contribution in [3.05, 3.63) is 23.8 Å². The summed E-state index contributed by atoms with van der Waals surface area (Å²) in [6.45, 7) is 0.726. The number of nitrogen functional groups attached to an aromatic ring is 2. The molecule has 17 heavy (non-hydrogen) atoms. The Morgan fingerprint density at radius 2 is 1.88 bits per heavy atom. The van der Waals surface area contributed by atoms with Crippen molar-refractivity contribution < 1.29 is 4.79 Å². The lowest BCUT2D eigenvalue weighted by Gasteiger charge is -2.06. The normalized spacial score (nSPS) is 14.6. The molecule has 1 aliphatic carbocycles. The highest BCUT2D eigenvalue weighted by Gasteiger charge is 2.20. The third-order valence-electron chi connectivity index (χ3n) is 3.01. The van der Waals surface area contributed by atoms with E-state index in [1.807, 2.05) is 0 Å². The lowest BCUT2D eigenvalue weighted by Crippen LogP contribution is -2.24. The molecule has 0 radical (unpaired) electrons. The van der Waals surface area contributed by atoms with E-state index in [1.165, 1.54) is 19.3 Å². The van der Waals surface area contributed by atoms with Crippen molar-refractivity contribution in [3.8, 4) is 0 Å². The SMILES string of the molecule is Nc1cc(N)cc(C(=O)NCCCC2CC2)c1. The number of nitrogens with one attached hydrogen (secondary N) is 1. The van der Waals surface area contributed by atoms with E-state index in [-0.39, 0.29) is 5.91 Å². The zero-order chi connectivity index (χ0) is 12.3. The quantitative estimate of drug-likeness (QED) is 0.535. The number of anilines is 2. The van der Waals surface area contributed by atoms with Crippen LogP contribution < -0.4 is 16.8 Å². The minimum Gasteiger partial charge on any atom is -0.399 e. The molecular formula is C13H19N3O. The predicted molar refractivity (Wildman–Crippen MR) is 69.6 cm³/mol. The van der Waals surface area contributed by atoms with Gasteiger partial charge in [0.25, 0.3) is 5.91 Å². The first-order valence-electron chi connectivity index (χ1n) is 6.09. The van der Waals surface area contributed by atoms with Gasteiger partial charge in [-0.3, -0.25) is 4.79 Å². The Morgan fingerprint density at radius 1 is 1.24 bits per heavy atom. The standard InChI is InChI=1S/C13H19N3O/c14-11-6-10(7-12(15)8-11)13(17)16-5-1-2-9-3-4-9/h6-9H,1-5,14-15H2,(H,16,17). The van der Waals surface area contributed by atoms with Crippen molar-refractivity contribution in [2.75, 3.05) is 18.0 Å². The van der Waals surface area contributed by atoms with E-state index >= 15 is 0 Å². The van der Waals surface area contributed by atoms with Gasteiger partial charge in [0.15, 0.2) is 0 Å². The summed E-state index contributed by atoms with van der Waals surface area (Å²) in [4.78, 5) is 11.8. The van der Waals surface area contributed by atoms with Gasteiger partial charge >= 0.3 is 0 Å². The fourth-order valence-corrected chi connectivity index (χ4v) is 1.91. The second-order valence-electron chi connectivity index (χ2n) is 4.73. The summed E-state index contributed by atoms with van der Waals surface area (Å²) in [7, 11) is 0. The molecule has 2 rings (SSSR count). The first-order chi connectivity index (χ1) is 8.15. The molecule has 0 atom stereocenters. The van der Waals surface area contributed by atoms with Crippen LogP contribution >= 0.6 is 0 Å². The van der Waals surface area contributed by atoms with Gasteiger partial charge in [0.1, 0.15) is 0 Å². The molecule has 4 heteroatoms. The molecule has 0 aliphatic heterocycles. The molecule has 0 spiro atoms. The lowest BCUT2D eigenvalue weighted by molar-refractivity contribution is 0.0953. The summed E-state index contributed by atoms with van der Waals surface area (Å²) in [6.07, 6.45) is 4.99. The van der Waals surface area contributed by atoms with Gasteiger partial charge < -0.3 is 16.8 Å². The Labute approximate surface area is 101 Å². The maximum absolute atomic E-state index is 11.8. The topological polar surface area (TPSA) is 81.1 Å². The summed E-state index contributed by atoms with van der Waals surface area (Å²) in [5.74, 6) is 0.815.